The molecule has 8 nitrogen and oxygen atoms in total. The molecule has 0 aliphatic carbocycles. The lowest BCUT2D eigenvalue weighted by molar-refractivity contribution is -0.384. The van der Waals surface area contributed by atoms with Crippen molar-refractivity contribution < 1.29 is 9.66 Å². The van der Waals surface area contributed by atoms with Gasteiger partial charge in [-0.25, -0.2) is 9.97 Å². The van der Waals surface area contributed by atoms with E-state index in [-0.39, 0.29) is 5.69 Å². The molecule has 0 atom stereocenters. The van der Waals surface area contributed by atoms with E-state index in [0.717, 1.165) is 11.4 Å². The lowest BCUT2D eigenvalue weighted by Gasteiger charge is -2.10. The summed E-state index contributed by atoms with van der Waals surface area (Å²) in [4.78, 5) is 23.5. The van der Waals surface area contributed by atoms with E-state index >= 15 is 0 Å². The van der Waals surface area contributed by atoms with Gasteiger partial charge in [-0.3, -0.25) is 10.1 Å². The molecular weight excluding hydrogens is 370 g/mol. The van der Waals surface area contributed by atoms with Crippen molar-refractivity contribution in [2.45, 2.75) is 13.3 Å². The Balaban J connectivity index is 1.65. The molecule has 0 bridgehead atoms. The maximum atomic E-state index is 10.9. The van der Waals surface area contributed by atoms with Crippen LogP contribution in [0.15, 0.2) is 73.3 Å². The number of ether oxygens (including phenoxy) is 1. The van der Waals surface area contributed by atoms with Gasteiger partial charge in [0.25, 0.3) is 5.69 Å². The van der Waals surface area contributed by atoms with Crippen molar-refractivity contribution in [1.82, 2.24) is 19.5 Å². The largest absolute Gasteiger partial charge is 0.439 e. The van der Waals surface area contributed by atoms with Crippen molar-refractivity contribution in [1.29, 1.82) is 0 Å². The minimum atomic E-state index is -0.436. The third-order valence-corrected chi connectivity index (χ3v) is 4.30. The highest BCUT2D eigenvalue weighted by Crippen LogP contribution is 2.26. The van der Waals surface area contributed by atoms with Crippen molar-refractivity contribution in [3.63, 3.8) is 0 Å². The number of hydrogen-bond acceptors (Lipinski definition) is 6. The Labute approximate surface area is 166 Å². The molecular formula is C21H17N5O3. The summed E-state index contributed by atoms with van der Waals surface area (Å²) in [5.74, 6) is 1.50. The molecule has 0 unspecified atom stereocenters. The molecule has 2 heterocycles. The van der Waals surface area contributed by atoms with E-state index < -0.39 is 4.92 Å². The number of aryl methyl sites for hydroxylation is 1. The fourth-order valence-electron chi connectivity index (χ4n) is 2.81. The van der Waals surface area contributed by atoms with Gasteiger partial charge in [0.2, 0.25) is 5.88 Å². The summed E-state index contributed by atoms with van der Waals surface area (Å²) in [5, 5.41) is 10.9. The SMILES string of the molecule is CCc1cc(Oc2cccc(-n3ccnc3)c2)nc(-c2ccc([N+](=O)[O-])cc2)n1. The van der Waals surface area contributed by atoms with Crippen molar-refractivity contribution in [2.75, 3.05) is 0 Å². The van der Waals surface area contributed by atoms with E-state index in [0.29, 0.717) is 29.4 Å². The number of nitrogens with zero attached hydrogens (tertiary/aromatic N) is 5. The summed E-state index contributed by atoms with van der Waals surface area (Å²) < 4.78 is 7.87. The first-order chi connectivity index (χ1) is 14.1. The van der Waals surface area contributed by atoms with Crippen LogP contribution in [0.25, 0.3) is 17.1 Å². The zero-order chi connectivity index (χ0) is 20.2. The van der Waals surface area contributed by atoms with Crippen molar-refractivity contribution in [2.24, 2.45) is 0 Å². The second-order valence-corrected chi connectivity index (χ2v) is 6.25. The molecule has 4 aromatic rings. The normalized spacial score (nSPS) is 10.7. The van der Waals surface area contributed by atoms with Gasteiger partial charge in [0.1, 0.15) is 5.75 Å². The van der Waals surface area contributed by atoms with E-state index in [9.17, 15) is 10.1 Å². The molecule has 0 fully saturated rings. The topological polar surface area (TPSA) is 96.0 Å². The zero-order valence-corrected chi connectivity index (χ0v) is 15.6. The highest BCUT2D eigenvalue weighted by molar-refractivity contribution is 5.58. The standard InChI is InChI=1S/C21H17N5O3/c1-2-16-12-20(24-21(23-16)15-6-8-17(9-7-15)26(27)28)29-19-5-3-4-18(13-19)25-11-10-22-14-25/h3-14H,2H2,1H3. The van der Waals surface area contributed by atoms with E-state index in [4.69, 9.17) is 4.74 Å². The smallest absolute Gasteiger partial charge is 0.269 e. The van der Waals surface area contributed by atoms with Crippen molar-refractivity contribution >= 4 is 5.69 Å². The molecule has 0 radical (unpaired) electrons. The Morgan fingerprint density at radius 2 is 1.93 bits per heavy atom. The summed E-state index contributed by atoms with van der Waals surface area (Å²) in [5.41, 5.74) is 2.44. The van der Waals surface area contributed by atoms with Crippen LogP contribution in [0.4, 0.5) is 5.69 Å². The van der Waals surface area contributed by atoms with Crippen molar-refractivity contribution in [3.05, 3.63) is 89.1 Å². The second-order valence-electron chi connectivity index (χ2n) is 6.25. The van der Waals surface area contributed by atoms with Gasteiger partial charge < -0.3 is 9.30 Å². The average molecular weight is 387 g/mol. The molecule has 29 heavy (non-hydrogen) atoms. The fraction of sp³-hybridized carbons (Fsp3) is 0.0952. The fourth-order valence-corrected chi connectivity index (χ4v) is 2.81. The van der Waals surface area contributed by atoms with Gasteiger partial charge in [-0.1, -0.05) is 13.0 Å². The molecule has 0 aliphatic rings. The van der Waals surface area contributed by atoms with E-state index in [2.05, 4.69) is 15.0 Å². The monoisotopic (exact) mass is 387 g/mol. The first-order valence-corrected chi connectivity index (χ1v) is 9.01. The lowest BCUT2D eigenvalue weighted by atomic mass is 10.2. The number of aromatic nitrogens is 4. The molecule has 4 rings (SSSR count). The highest BCUT2D eigenvalue weighted by atomic mass is 16.6. The van der Waals surface area contributed by atoms with Crippen LogP contribution < -0.4 is 4.74 Å². The summed E-state index contributed by atoms with van der Waals surface area (Å²) >= 11 is 0. The lowest BCUT2D eigenvalue weighted by Crippen LogP contribution is -1.99. The zero-order valence-electron chi connectivity index (χ0n) is 15.6. The van der Waals surface area contributed by atoms with E-state index in [1.807, 2.05) is 42.0 Å². The molecule has 0 saturated heterocycles. The van der Waals surface area contributed by atoms with Crippen LogP contribution in [0.1, 0.15) is 12.6 Å². The average Bonchev–Trinajstić information content (AvgIpc) is 3.29. The Morgan fingerprint density at radius 3 is 2.62 bits per heavy atom. The summed E-state index contributed by atoms with van der Waals surface area (Å²) in [7, 11) is 0. The van der Waals surface area contributed by atoms with Crippen LogP contribution in [0, 0.1) is 10.1 Å². The number of hydrogen-bond donors (Lipinski definition) is 0. The number of non-ortho nitro benzene ring substituents is 1. The van der Waals surface area contributed by atoms with Crippen LogP contribution >= 0.6 is 0 Å². The van der Waals surface area contributed by atoms with Crippen molar-refractivity contribution in [3.8, 4) is 28.7 Å². The minimum absolute atomic E-state index is 0.0215. The number of nitro benzene ring substituents is 1. The van der Waals surface area contributed by atoms with Gasteiger partial charge in [-0.05, 0) is 30.7 Å². The molecule has 8 heteroatoms. The first kappa shape index (κ1) is 18.3. The molecule has 0 N–H and O–H groups in total. The molecule has 2 aromatic carbocycles. The first-order valence-electron chi connectivity index (χ1n) is 9.01. The molecule has 0 aliphatic heterocycles. The summed E-state index contributed by atoms with van der Waals surface area (Å²) in [6.07, 6.45) is 5.98. The van der Waals surface area contributed by atoms with Gasteiger partial charge >= 0.3 is 0 Å². The molecule has 0 spiro atoms. The van der Waals surface area contributed by atoms with E-state index in [1.54, 1.807) is 30.7 Å². The summed E-state index contributed by atoms with van der Waals surface area (Å²) in [6, 6.07) is 15.5. The van der Waals surface area contributed by atoms with E-state index in [1.165, 1.54) is 12.1 Å². The van der Waals surface area contributed by atoms with Crippen LogP contribution in [-0.4, -0.2) is 24.4 Å². The predicted molar refractivity (Wildman–Crippen MR) is 107 cm³/mol. The Morgan fingerprint density at radius 1 is 1.10 bits per heavy atom. The van der Waals surface area contributed by atoms with Crippen LogP contribution in [0.3, 0.4) is 0 Å². The second kappa shape index (κ2) is 7.89. The van der Waals surface area contributed by atoms with Gasteiger partial charge in [-0.15, -0.1) is 0 Å². The molecule has 2 aromatic heterocycles. The minimum Gasteiger partial charge on any atom is -0.439 e. The third-order valence-electron chi connectivity index (χ3n) is 4.30. The predicted octanol–water partition coefficient (Wildman–Crippen LogP) is 4.59. The Bertz CT molecular complexity index is 1140. The van der Waals surface area contributed by atoms with Gasteiger partial charge in [0.15, 0.2) is 5.82 Å². The van der Waals surface area contributed by atoms with Crippen LogP contribution in [0.2, 0.25) is 0 Å². The quantitative estimate of drug-likeness (QED) is 0.355. The number of rotatable bonds is 6. The van der Waals surface area contributed by atoms with Crippen LogP contribution in [-0.2, 0) is 6.42 Å². The maximum absolute atomic E-state index is 10.9. The maximum Gasteiger partial charge on any atom is 0.269 e. The number of benzene rings is 2. The van der Waals surface area contributed by atoms with Gasteiger partial charge in [0.05, 0.1) is 16.9 Å². The number of imidazole rings is 1. The highest BCUT2D eigenvalue weighted by Gasteiger charge is 2.11. The third kappa shape index (κ3) is 4.11. The number of nitro groups is 1. The molecule has 144 valence electrons. The van der Waals surface area contributed by atoms with Crippen LogP contribution in [0.5, 0.6) is 11.6 Å². The van der Waals surface area contributed by atoms with Gasteiger partial charge in [0, 0.05) is 47.9 Å². The summed E-state index contributed by atoms with van der Waals surface area (Å²) in [6.45, 7) is 1.99. The molecule has 0 saturated carbocycles. The molecule has 0 amide bonds. The Hall–Kier alpha value is -4.07. The Kier molecular flexibility index (Phi) is 4.98. The van der Waals surface area contributed by atoms with Gasteiger partial charge in [-0.2, -0.15) is 4.98 Å².